The van der Waals surface area contributed by atoms with Gasteiger partial charge in [0.25, 0.3) is 0 Å². The van der Waals surface area contributed by atoms with Gasteiger partial charge in [0.2, 0.25) is 0 Å². The van der Waals surface area contributed by atoms with Gasteiger partial charge in [-0.15, -0.1) is 0 Å². The fraction of sp³-hybridized carbons (Fsp3) is 0.364. The largest absolute Gasteiger partial charge is 0.491 e. The van der Waals surface area contributed by atoms with Gasteiger partial charge in [-0.2, -0.15) is 5.26 Å². The summed E-state index contributed by atoms with van der Waals surface area (Å²) < 4.78 is 5.94. The highest BCUT2D eigenvalue weighted by Gasteiger charge is 2.07. The van der Waals surface area contributed by atoms with E-state index in [-0.39, 0.29) is 6.10 Å². The molecule has 0 amide bonds. The van der Waals surface area contributed by atoms with Gasteiger partial charge >= 0.3 is 0 Å². The molecule has 0 aromatic heterocycles. The highest BCUT2D eigenvalue weighted by Crippen LogP contribution is 2.21. The van der Waals surface area contributed by atoms with Crippen LogP contribution in [-0.2, 0) is 13.1 Å². The summed E-state index contributed by atoms with van der Waals surface area (Å²) in [5.41, 5.74) is 3.92. The van der Waals surface area contributed by atoms with Gasteiger partial charge in [-0.3, -0.25) is 0 Å². The molecule has 2 rings (SSSR count). The van der Waals surface area contributed by atoms with Gasteiger partial charge in [0.05, 0.1) is 24.3 Å². The maximum absolute atomic E-state index is 9.02. The number of ether oxygens (including phenoxy) is 1. The average molecular weight is 364 g/mol. The molecule has 0 spiro atoms. The van der Waals surface area contributed by atoms with Crippen molar-refractivity contribution in [3.05, 3.63) is 64.7 Å². The van der Waals surface area contributed by atoms with E-state index in [2.05, 4.69) is 46.8 Å². The van der Waals surface area contributed by atoms with E-state index < -0.39 is 0 Å². The third-order valence-electron chi connectivity index (χ3n) is 3.85. The second-order valence-electron chi connectivity index (χ2n) is 6.64. The molecule has 142 valence electrons. The first-order chi connectivity index (χ1) is 13.0. The molecular formula is C22H28N4O. The first-order valence-electron chi connectivity index (χ1n) is 9.29. The molecule has 0 aliphatic carbocycles. The molecule has 5 heteroatoms. The summed E-state index contributed by atoms with van der Waals surface area (Å²) in [7, 11) is 0. The number of benzene rings is 2. The molecule has 0 saturated carbocycles. The van der Waals surface area contributed by atoms with Gasteiger partial charge in [0.15, 0.2) is 5.96 Å². The van der Waals surface area contributed by atoms with Crippen LogP contribution in [-0.4, -0.2) is 18.6 Å². The number of hydrogen-bond acceptors (Lipinski definition) is 3. The number of aryl methyl sites for hydroxylation is 1. The maximum Gasteiger partial charge on any atom is 0.191 e. The van der Waals surface area contributed by atoms with Gasteiger partial charge in [-0.1, -0.05) is 24.3 Å². The average Bonchev–Trinajstić information content (AvgIpc) is 2.65. The van der Waals surface area contributed by atoms with Crippen LogP contribution in [0.1, 0.15) is 43.0 Å². The maximum atomic E-state index is 9.02. The molecule has 0 atom stereocenters. The standard InChI is InChI=1S/C22H28N4O/c1-5-24-22(25-14-19-8-6-7-18(12-19)13-23)26-15-20-10-9-17(4)11-21(20)27-16(2)3/h6-12,16H,5,14-15H2,1-4H3,(H2,24,25,26). The van der Waals surface area contributed by atoms with E-state index in [4.69, 9.17) is 10.00 Å². The van der Waals surface area contributed by atoms with Crippen LogP contribution < -0.4 is 15.4 Å². The molecule has 0 bridgehead atoms. The molecule has 0 unspecified atom stereocenters. The zero-order chi connectivity index (χ0) is 19.6. The highest BCUT2D eigenvalue weighted by atomic mass is 16.5. The Morgan fingerprint density at radius 2 is 2.00 bits per heavy atom. The Kier molecular flexibility index (Phi) is 7.69. The molecule has 0 radical (unpaired) electrons. The summed E-state index contributed by atoms with van der Waals surface area (Å²) in [6, 6.07) is 15.9. The second kappa shape index (κ2) is 10.2. The molecular weight excluding hydrogens is 336 g/mol. The van der Waals surface area contributed by atoms with Crippen molar-refractivity contribution in [2.75, 3.05) is 6.54 Å². The quantitative estimate of drug-likeness (QED) is 0.577. The number of hydrogen-bond donors (Lipinski definition) is 2. The molecule has 0 aliphatic heterocycles. The van der Waals surface area contributed by atoms with Crippen molar-refractivity contribution in [2.24, 2.45) is 4.99 Å². The summed E-state index contributed by atoms with van der Waals surface area (Å²) in [4.78, 5) is 4.63. The van der Waals surface area contributed by atoms with Crippen LogP contribution in [0.3, 0.4) is 0 Å². The first-order valence-corrected chi connectivity index (χ1v) is 9.29. The third-order valence-corrected chi connectivity index (χ3v) is 3.85. The van der Waals surface area contributed by atoms with Crippen LogP contribution in [0.5, 0.6) is 5.75 Å². The topological polar surface area (TPSA) is 69.4 Å². The Balaban J connectivity index is 2.09. The fourth-order valence-electron chi connectivity index (χ4n) is 2.60. The van der Waals surface area contributed by atoms with Gasteiger partial charge in [-0.05, 0) is 57.0 Å². The minimum Gasteiger partial charge on any atom is -0.491 e. The van der Waals surface area contributed by atoms with E-state index in [1.54, 1.807) is 6.07 Å². The van der Waals surface area contributed by atoms with Gasteiger partial charge in [0, 0.05) is 18.7 Å². The van der Waals surface area contributed by atoms with Crippen molar-refractivity contribution in [1.29, 1.82) is 5.26 Å². The lowest BCUT2D eigenvalue weighted by Crippen LogP contribution is -2.36. The Morgan fingerprint density at radius 1 is 1.19 bits per heavy atom. The molecule has 0 heterocycles. The molecule has 0 aliphatic rings. The van der Waals surface area contributed by atoms with Crippen molar-refractivity contribution in [2.45, 2.75) is 46.9 Å². The monoisotopic (exact) mass is 364 g/mol. The molecule has 0 fully saturated rings. The van der Waals surface area contributed by atoms with Crippen LogP contribution in [0.15, 0.2) is 47.5 Å². The van der Waals surface area contributed by atoms with Crippen molar-refractivity contribution < 1.29 is 4.74 Å². The van der Waals surface area contributed by atoms with Crippen LogP contribution in [0.4, 0.5) is 0 Å². The Bertz CT molecular complexity index is 821. The van der Waals surface area contributed by atoms with E-state index in [1.807, 2.05) is 39.0 Å². The first kappa shape index (κ1) is 20.3. The molecule has 2 aromatic rings. The predicted octanol–water partition coefficient (Wildman–Crippen LogP) is 3.91. The minimum absolute atomic E-state index is 0.125. The number of aliphatic imine (C=N–C) groups is 1. The lowest BCUT2D eigenvalue weighted by Gasteiger charge is -2.17. The normalized spacial score (nSPS) is 11.2. The lowest BCUT2D eigenvalue weighted by atomic mass is 10.1. The Hall–Kier alpha value is -3.00. The predicted molar refractivity (Wildman–Crippen MR) is 110 cm³/mol. The summed E-state index contributed by atoms with van der Waals surface area (Å²) in [6.07, 6.45) is 0.125. The molecule has 27 heavy (non-hydrogen) atoms. The van der Waals surface area contributed by atoms with E-state index in [9.17, 15) is 0 Å². The van der Waals surface area contributed by atoms with Crippen LogP contribution in [0.25, 0.3) is 0 Å². The molecule has 2 aromatic carbocycles. The van der Waals surface area contributed by atoms with E-state index in [0.29, 0.717) is 18.7 Å². The molecule has 0 saturated heterocycles. The summed E-state index contributed by atoms with van der Waals surface area (Å²) in [5, 5.41) is 15.6. The Labute approximate surface area is 162 Å². The van der Waals surface area contributed by atoms with Crippen LogP contribution >= 0.6 is 0 Å². The summed E-state index contributed by atoms with van der Waals surface area (Å²) in [6.45, 7) is 10.0. The number of nitrogens with zero attached hydrogens (tertiary/aromatic N) is 2. The van der Waals surface area contributed by atoms with E-state index >= 15 is 0 Å². The highest BCUT2D eigenvalue weighted by molar-refractivity contribution is 5.79. The fourth-order valence-corrected chi connectivity index (χ4v) is 2.60. The number of guanidine groups is 1. The number of nitrogens with one attached hydrogen (secondary N) is 2. The van der Waals surface area contributed by atoms with Crippen LogP contribution in [0, 0.1) is 18.3 Å². The number of rotatable bonds is 7. The van der Waals surface area contributed by atoms with Gasteiger partial charge in [0.1, 0.15) is 5.75 Å². The second-order valence-corrected chi connectivity index (χ2v) is 6.64. The van der Waals surface area contributed by atoms with Crippen molar-refractivity contribution in [3.8, 4) is 11.8 Å². The number of nitriles is 1. The lowest BCUT2D eigenvalue weighted by molar-refractivity contribution is 0.239. The minimum atomic E-state index is 0.125. The van der Waals surface area contributed by atoms with Crippen molar-refractivity contribution in [3.63, 3.8) is 0 Å². The SMILES string of the molecule is CCNC(=NCc1cccc(C#N)c1)NCc1ccc(C)cc1OC(C)C. The van der Waals surface area contributed by atoms with Gasteiger partial charge < -0.3 is 15.4 Å². The zero-order valence-electron chi connectivity index (χ0n) is 16.5. The smallest absolute Gasteiger partial charge is 0.191 e. The van der Waals surface area contributed by atoms with E-state index in [0.717, 1.165) is 29.4 Å². The zero-order valence-corrected chi connectivity index (χ0v) is 16.5. The summed E-state index contributed by atoms with van der Waals surface area (Å²) >= 11 is 0. The van der Waals surface area contributed by atoms with E-state index in [1.165, 1.54) is 5.56 Å². The summed E-state index contributed by atoms with van der Waals surface area (Å²) in [5.74, 6) is 1.63. The van der Waals surface area contributed by atoms with Gasteiger partial charge in [-0.25, -0.2) is 4.99 Å². The Morgan fingerprint density at radius 3 is 2.70 bits per heavy atom. The molecule has 5 nitrogen and oxygen atoms in total. The van der Waals surface area contributed by atoms with Crippen molar-refractivity contribution in [1.82, 2.24) is 10.6 Å². The van der Waals surface area contributed by atoms with Crippen molar-refractivity contribution >= 4 is 5.96 Å². The van der Waals surface area contributed by atoms with Crippen LogP contribution in [0.2, 0.25) is 0 Å². The molecule has 2 N–H and O–H groups in total. The third kappa shape index (κ3) is 6.67.